The number of nitrogens with zero attached hydrogens (tertiary/aromatic N) is 1. The van der Waals surface area contributed by atoms with Gasteiger partial charge in [-0.3, -0.25) is 4.79 Å². The summed E-state index contributed by atoms with van der Waals surface area (Å²) in [6.45, 7) is 0.763. The van der Waals surface area contributed by atoms with Crippen LogP contribution in [0.25, 0.3) is 0 Å². The third-order valence-electron chi connectivity index (χ3n) is 3.67. The number of thioether (sulfide) groups is 1. The number of carbonyl (C=O) groups excluding carboxylic acids is 1. The van der Waals surface area contributed by atoms with Crippen molar-refractivity contribution in [2.45, 2.75) is 42.4 Å². The van der Waals surface area contributed by atoms with E-state index < -0.39 is 5.76 Å². The number of halogens is 2. The largest absolute Gasteiger partial charge is 0.396 e. The predicted molar refractivity (Wildman–Crippen MR) is 78.7 cm³/mol. The molecule has 1 N–H and O–H groups in total. The Hall–Kier alpha value is -1.14. The van der Waals surface area contributed by atoms with Crippen molar-refractivity contribution in [3.8, 4) is 0 Å². The Morgan fingerprint density at radius 3 is 2.90 bits per heavy atom. The number of aliphatic hydroxyl groups is 1. The van der Waals surface area contributed by atoms with E-state index in [1.54, 1.807) is 29.2 Å². The number of rotatable bonds is 6. The molecule has 0 aromatic heterocycles. The molecule has 1 fully saturated rings. The van der Waals surface area contributed by atoms with Gasteiger partial charge in [0.15, 0.2) is 0 Å². The van der Waals surface area contributed by atoms with Gasteiger partial charge >= 0.3 is 0 Å². The minimum Gasteiger partial charge on any atom is -0.396 e. The van der Waals surface area contributed by atoms with Gasteiger partial charge in [-0.2, -0.15) is 8.78 Å². The van der Waals surface area contributed by atoms with E-state index in [1.165, 1.54) is 0 Å². The molecule has 1 aromatic carbocycles. The highest BCUT2D eigenvalue weighted by atomic mass is 32.2. The zero-order valence-electron chi connectivity index (χ0n) is 11.7. The Labute approximate surface area is 127 Å². The van der Waals surface area contributed by atoms with Gasteiger partial charge in [0.05, 0.1) is 5.56 Å². The normalized spacial score (nSPS) is 18.5. The second-order valence-electron chi connectivity index (χ2n) is 5.04. The van der Waals surface area contributed by atoms with Gasteiger partial charge in [-0.05, 0) is 37.8 Å². The first-order valence-electron chi connectivity index (χ1n) is 7.09. The lowest BCUT2D eigenvalue weighted by atomic mass is 10.1. The molecule has 1 heterocycles. The number of benzene rings is 1. The minimum absolute atomic E-state index is 0.106. The first-order chi connectivity index (χ1) is 10.1. The molecule has 116 valence electrons. The van der Waals surface area contributed by atoms with Crippen molar-refractivity contribution in [1.82, 2.24) is 4.90 Å². The molecule has 1 saturated heterocycles. The summed E-state index contributed by atoms with van der Waals surface area (Å²) in [7, 11) is 0. The molecule has 1 aliphatic heterocycles. The van der Waals surface area contributed by atoms with Gasteiger partial charge in [0.25, 0.3) is 11.7 Å². The molecule has 2 rings (SSSR count). The summed E-state index contributed by atoms with van der Waals surface area (Å²) in [5.74, 6) is -2.72. The second-order valence-corrected chi connectivity index (χ2v) is 6.07. The summed E-state index contributed by atoms with van der Waals surface area (Å²) in [4.78, 5) is 14.7. The van der Waals surface area contributed by atoms with Crippen LogP contribution in [0.3, 0.4) is 0 Å². The van der Waals surface area contributed by atoms with E-state index in [-0.39, 0.29) is 18.6 Å². The lowest BCUT2D eigenvalue weighted by molar-refractivity contribution is 0.0721. The Morgan fingerprint density at radius 1 is 1.43 bits per heavy atom. The maximum absolute atomic E-state index is 12.6. The summed E-state index contributed by atoms with van der Waals surface area (Å²) in [5.41, 5.74) is 0.346. The zero-order chi connectivity index (χ0) is 15.2. The van der Waals surface area contributed by atoms with Gasteiger partial charge in [0.2, 0.25) is 0 Å². The molecule has 1 aromatic rings. The van der Waals surface area contributed by atoms with Gasteiger partial charge < -0.3 is 10.0 Å². The molecular formula is C15H19F2NO2S. The SMILES string of the molecule is O=C(c1ccccc1SC(F)F)N1CCCC1CCCO. The highest BCUT2D eigenvalue weighted by Gasteiger charge is 2.30. The van der Waals surface area contributed by atoms with Crippen molar-refractivity contribution in [2.24, 2.45) is 0 Å². The van der Waals surface area contributed by atoms with Crippen LogP contribution in [0, 0.1) is 0 Å². The average Bonchev–Trinajstić information content (AvgIpc) is 2.92. The average molecular weight is 315 g/mol. The summed E-state index contributed by atoms with van der Waals surface area (Å²) in [5, 5.41) is 8.92. The highest BCUT2D eigenvalue weighted by molar-refractivity contribution is 7.99. The lowest BCUT2D eigenvalue weighted by Gasteiger charge is -2.25. The monoisotopic (exact) mass is 315 g/mol. The number of aliphatic hydroxyl groups excluding tert-OH is 1. The van der Waals surface area contributed by atoms with E-state index in [9.17, 15) is 13.6 Å². The van der Waals surface area contributed by atoms with Crippen LogP contribution < -0.4 is 0 Å². The Bertz CT molecular complexity index is 484. The smallest absolute Gasteiger partial charge is 0.288 e. The van der Waals surface area contributed by atoms with Crippen molar-refractivity contribution < 1.29 is 18.7 Å². The van der Waals surface area contributed by atoms with E-state index in [0.29, 0.717) is 35.2 Å². The van der Waals surface area contributed by atoms with Crippen LogP contribution in [-0.4, -0.2) is 40.9 Å². The minimum atomic E-state index is -2.54. The molecule has 0 saturated carbocycles. The molecule has 1 atom stereocenters. The number of hydrogen-bond acceptors (Lipinski definition) is 3. The van der Waals surface area contributed by atoms with Crippen LogP contribution in [0.1, 0.15) is 36.0 Å². The number of hydrogen-bond donors (Lipinski definition) is 1. The Kier molecular flexibility index (Phi) is 5.99. The summed E-state index contributed by atoms with van der Waals surface area (Å²) >= 11 is 0.410. The molecule has 6 heteroatoms. The third kappa shape index (κ3) is 4.17. The molecular weight excluding hydrogens is 296 g/mol. The topological polar surface area (TPSA) is 40.5 Å². The third-order valence-corrected chi connectivity index (χ3v) is 4.46. The van der Waals surface area contributed by atoms with Crippen LogP contribution in [0.5, 0.6) is 0 Å². The number of amides is 1. The standard InChI is InChI=1S/C15H19F2NO2S/c16-15(17)21-13-8-2-1-7-12(13)14(20)18-9-3-5-11(18)6-4-10-19/h1-2,7-8,11,15,19H,3-6,9-10H2. The van der Waals surface area contributed by atoms with Gasteiger partial charge in [-0.1, -0.05) is 23.9 Å². The van der Waals surface area contributed by atoms with E-state index in [4.69, 9.17) is 5.11 Å². The van der Waals surface area contributed by atoms with E-state index in [1.807, 2.05) is 0 Å². The molecule has 1 amide bonds. The molecule has 0 spiro atoms. The number of likely N-dealkylation sites (tertiary alicyclic amines) is 1. The molecule has 0 bridgehead atoms. The fourth-order valence-corrected chi connectivity index (χ4v) is 3.36. The van der Waals surface area contributed by atoms with Crippen molar-refractivity contribution in [3.05, 3.63) is 29.8 Å². The molecule has 0 aliphatic carbocycles. The molecule has 1 unspecified atom stereocenters. The van der Waals surface area contributed by atoms with E-state index in [0.717, 1.165) is 19.3 Å². The van der Waals surface area contributed by atoms with E-state index in [2.05, 4.69) is 0 Å². The first-order valence-corrected chi connectivity index (χ1v) is 7.97. The van der Waals surface area contributed by atoms with Crippen LogP contribution in [0.4, 0.5) is 8.78 Å². The fourth-order valence-electron chi connectivity index (χ4n) is 2.73. The van der Waals surface area contributed by atoms with E-state index >= 15 is 0 Å². The summed E-state index contributed by atoms with van der Waals surface area (Å²) in [6.07, 6.45) is 3.25. The summed E-state index contributed by atoms with van der Waals surface area (Å²) < 4.78 is 25.2. The van der Waals surface area contributed by atoms with Crippen LogP contribution in [-0.2, 0) is 0 Å². The quantitative estimate of drug-likeness (QED) is 0.818. The number of alkyl halides is 2. The Morgan fingerprint density at radius 2 is 2.19 bits per heavy atom. The van der Waals surface area contributed by atoms with Crippen LogP contribution in [0.2, 0.25) is 0 Å². The maximum Gasteiger partial charge on any atom is 0.288 e. The second kappa shape index (κ2) is 7.75. The fraction of sp³-hybridized carbons (Fsp3) is 0.533. The van der Waals surface area contributed by atoms with Crippen molar-refractivity contribution >= 4 is 17.7 Å². The van der Waals surface area contributed by atoms with Crippen LogP contribution >= 0.6 is 11.8 Å². The van der Waals surface area contributed by atoms with Gasteiger partial charge in [-0.25, -0.2) is 0 Å². The first kappa shape index (κ1) is 16.2. The lowest BCUT2D eigenvalue weighted by Crippen LogP contribution is -2.35. The van der Waals surface area contributed by atoms with Crippen molar-refractivity contribution in [2.75, 3.05) is 13.2 Å². The summed E-state index contributed by atoms with van der Waals surface area (Å²) in [6, 6.07) is 6.63. The van der Waals surface area contributed by atoms with Gasteiger partial charge in [-0.15, -0.1) is 0 Å². The molecule has 1 aliphatic rings. The molecule has 0 radical (unpaired) electrons. The van der Waals surface area contributed by atoms with Crippen molar-refractivity contribution in [1.29, 1.82) is 0 Å². The van der Waals surface area contributed by atoms with Gasteiger partial charge in [0.1, 0.15) is 0 Å². The zero-order valence-corrected chi connectivity index (χ0v) is 12.5. The maximum atomic E-state index is 12.6. The predicted octanol–water partition coefficient (Wildman–Crippen LogP) is 3.38. The molecule has 3 nitrogen and oxygen atoms in total. The highest BCUT2D eigenvalue weighted by Crippen LogP contribution is 2.31. The molecule has 21 heavy (non-hydrogen) atoms. The van der Waals surface area contributed by atoms with Crippen LogP contribution in [0.15, 0.2) is 29.2 Å². The van der Waals surface area contributed by atoms with Gasteiger partial charge in [0, 0.05) is 24.1 Å². The van der Waals surface area contributed by atoms with Crippen molar-refractivity contribution in [3.63, 3.8) is 0 Å². The number of carbonyl (C=O) groups is 1. The Balaban J connectivity index is 2.15.